The average molecular weight is 281 g/mol. The van der Waals surface area contributed by atoms with Crippen LogP contribution >= 0.6 is 11.6 Å². The van der Waals surface area contributed by atoms with E-state index in [0.29, 0.717) is 16.3 Å². The van der Waals surface area contributed by atoms with Crippen molar-refractivity contribution in [1.82, 2.24) is 0 Å². The minimum Gasteiger partial charge on any atom is -0.458 e. The number of halogens is 1. The molecule has 1 rings (SSSR count). The summed E-state index contributed by atoms with van der Waals surface area (Å²) in [5.74, 6) is -0.378. The van der Waals surface area contributed by atoms with E-state index in [1.807, 2.05) is 6.07 Å². The molecule has 1 atom stereocenters. The molecule has 0 heterocycles. The van der Waals surface area contributed by atoms with Gasteiger partial charge in [0, 0.05) is 5.02 Å². The number of benzene rings is 1. The second kappa shape index (κ2) is 5.94. The number of nitriles is 1. The van der Waals surface area contributed by atoms with E-state index < -0.39 is 11.6 Å². The standard InChI is InChI=1S/C14H17ClN2O2/c1-9(13(18)19-14(2,3)4)17-12-7-11(15)6-5-10(12)8-16/h5-7,9,17H,1-4H3. The molecule has 1 aromatic carbocycles. The summed E-state index contributed by atoms with van der Waals surface area (Å²) in [7, 11) is 0. The summed E-state index contributed by atoms with van der Waals surface area (Å²) in [6, 6.07) is 6.32. The van der Waals surface area contributed by atoms with Gasteiger partial charge in [-0.2, -0.15) is 5.26 Å². The molecule has 1 aromatic rings. The highest BCUT2D eigenvalue weighted by Gasteiger charge is 2.22. The van der Waals surface area contributed by atoms with Crippen LogP contribution in [0, 0.1) is 11.3 Å². The first kappa shape index (κ1) is 15.3. The Bertz CT molecular complexity index is 515. The normalized spacial score (nSPS) is 12.4. The number of ether oxygens (including phenoxy) is 1. The molecular weight excluding hydrogens is 264 g/mol. The van der Waals surface area contributed by atoms with E-state index >= 15 is 0 Å². The fraction of sp³-hybridized carbons (Fsp3) is 0.429. The van der Waals surface area contributed by atoms with E-state index in [1.54, 1.807) is 45.9 Å². The van der Waals surface area contributed by atoms with Gasteiger partial charge in [0.05, 0.1) is 11.3 Å². The first-order valence-electron chi connectivity index (χ1n) is 5.92. The highest BCUT2D eigenvalue weighted by molar-refractivity contribution is 6.30. The van der Waals surface area contributed by atoms with Crippen LogP contribution in [0.1, 0.15) is 33.3 Å². The molecule has 0 bridgehead atoms. The number of esters is 1. The molecule has 0 aromatic heterocycles. The molecule has 1 N–H and O–H groups in total. The SMILES string of the molecule is CC(Nc1cc(Cl)ccc1C#N)C(=O)OC(C)(C)C. The van der Waals surface area contributed by atoms with E-state index in [-0.39, 0.29) is 5.97 Å². The van der Waals surface area contributed by atoms with E-state index in [2.05, 4.69) is 5.32 Å². The molecule has 0 aliphatic rings. The van der Waals surface area contributed by atoms with Gasteiger partial charge in [-0.05, 0) is 45.9 Å². The highest BCUT2D eigenvalue weighted by Crippen LogP contribution is 2.21. The van der Waals surface area contributed by atoms with Gasteiger partial charge in [-0.1, -0.05) is 11.6 Å². The Balaban J connectivity index is 2.83. The number of nitrogens with one attached hydrogen (secondary N) is 1. The Morgan fingerprint density at radius 3 is 2.63 bits per heavy atom. The molecule has 0 saturated heterocycles. The van der Waals surface area contributed by atoms with Gasteiger partial charge in [0.15, 0.2) is 0 Å². The zero-order valence-electron chi connectivity index (χ0n) is 11.5. The summed E-state index contributed by atoms with van der Waals surface area (Å²) in [6.07, 6.45) is 0. The lowest BCUT2D eigenvalue weighted by atomic mass is 10.1. The third-order valence-corrected chi connectivity index (χ3v) is 2.47. The topological polar surface area (TPSA) is 62.1 Å². The van der Waals surface area contributed by atoms with Crippen molar-refractivity contribution in [1.29, 1.82) is 5.26 Å². The second-order valence-corrected chi connectivity index (χ2v) is 5.64. The zero-order chi connectivity index (χ0) is 14.6. The van der Waals surface area contributed by atoms with Crippen LogP contribution in [-0.4, -0.2) is 17.6 Å². The minimum atomic E-state index is -0.565. The smallest absolute Gasteiger partial charge is 0.328 e. The van der Waals surface area contributed by atoms with Crippen molar-refractivity contribution in [2.45, 2.75) is 39.3 Å². The monoisotopic (exact) mass is 280 g/mol. The summed E-state index contributed by atoms with van der Waals surface area (Å²) >= 11 is 5.88. The second-order valence-electron chi connectivity index (χ2n) is 5.20. The van der Waals surface area contributed by atoms with Crippen LogP contribution in [0.15, 0.2) is 18.2 Å². The summed E-state index contributed by atoms with van der Waals surface area (Å²) in [5.41, 5.74) is 0.410. The summed E-state index contributed by atoms with van der Waals surface area (Å²) in [6.45, 7) is 7.09. The summed E-state index contributed by atoms with van der Waals surface area (Å²) in [4.78, 5) is 11.8. The van der Waals surface area contributed by atoms with Crippen LogP contribution in [0.25, 0.3) is 0 Å². The first-order valence-corrected chi connectivity index (χ1v) is 6.30. The third-order valence-electron chi connectivity index (χ3n) is 2.23. The van der Waals surface area contributed by atoms with Gasteiger partial charge in [0.2, 0.25) is 0 Å². The number of hydrogen-bond acceptors (Lipinski definition) is 4. The van der Waals surface area contributed by atoms with E-state index in [9.17, 15) is 4.79 Å². The van der Waals surface area contributed by atoms with Crippen LogP contribution < -0.4 is 5.32 Å². The Hall–Kier alpha value is -1.73. The van der Waals surface area contributed by atoms with E-state index in [4.69, 9.17) is 21.6 Å². The fourth-order valence-corrected chi connectivity index (χ4v) is 1.59. The summed E-state index contributed by atoms with van der Waals surface area (Å²) in [5, 5.41) is 12.4. The van der Waals surface area contributed by atoms with Gasteiger partial charge in [-0.15, -0.1) is 0 Å². The van der Waals surface area contributed by atoms with Crippen molar-refractivity contribution < 1.29 is 9.53 Å². The van der Waals surface area contributed by atoms with Crippen LogP contribution in [0.2, 0.25) is 5.02 Å². The largest absolute Gasteiger partial charge is 0.458 e. The number of carbonyl (C=O) groups excluding carboxylic acids is 1. The van der Waals surface area contributed by atoms with Gasteiger partial charge in [0.1, 0.15) is 17.7 Å². The lowest BCUT2D eigenvalue weighted by Crippen LogP contribution is -2.34. The maximum Gasteiger partial charge on any atom is 0.328 e. The molecule has 0 radical (unpaired) electrons. The maximum absolute atomic E-state index is 11.8. The van der Waals surface area contributed by atoms with Crippen LogP contribution in [0.5, 0.6) is 0 Å². The van der Waals surface area contributed by atoms with Crippen molar-refractivity contribution in [3.63, 3.8) is 0 Å². The van der Waals surface area contributed by atoms with Gasteiger partial charge in [-0.25, -0.2) is 4.79 Å². The van der Waals surface area contributed by atoms with Crippen molar-refractivity contribution in [2.75, 3.05) is 5.32 Å². The Morgan fingerprint density at radius 1 is 1.47 bits per heavy atom. The van der Waals surface area contributed by atoms with E-state index in [1.165, 1.54) is 0 Å². The highest BCUT2D eigenvalue weighted by atomic mass is 35.5. The van der Waals surface area contributed by atoms with Gasteiger partial charge < -0.3 is 10.1 Å². The lowest BCUT2D eigenvalue weighted by Gasteiger charge is -2.23. The Labute approximate surface area is 118 Å². The summed E-state index contributed by atoms with van der Waals surface area (Å²) < 4.78 is 5.26. The van der Waals surface area contributed by atoms with Crippen molar-refractivity contribution >= 4 is 23.3 Å². The molecule has 0 fully saturated rings. The number of anilines is 1. The lowest BCUT2D eigenvalue weighted by molar-refractivity contribution is -0.155. The zero-order valence-corrected chi connectivity index (χ0v) is 12.2. The van der Waals surface area contributed by atoms with Gasteiger partial charge in [-0.3, -0.25) is 0 Å². The molecular formula is C14H17ClN2O2. The minimum absolute atomic E-state index is 0.378. The average Bonchev–Trinajstić information content (AvgIpc) is 2.27. The molecule has 19 heavy (non-hydrogen) atoms. The first-order chi connectivity index (χ1) is 8.73. The van der Waals surface area contributed by atoms with Crippen molar-refractivity contribution in [2.24, 2.45) is 0 Å². The Kier molecular flexibility index (Phi) is 4.79. The molecule has 0 aliphatic heterocycles. The molecule has 0 aliphatic carbocycles. The van der Waals surface area contributed by atoms with Crippen LogP contribution in [0.4, 0.5) is 5.69 Å². The quantitative estimate of drug-likeness (QED) is 0.863. The number of rotatable bonds is 3. The number of carbonyl (C=O) groups is 1. The van der Waals surface area contributed by atoms with Gasteiger partial charge in [0.25, 0.3) is 0 Å². The molecule has 0 saturated carbocycles. The molecule has 102 valence electrons. The van der Waals surface area contributed by atoms with Crippen LogP contribution in [-0.2, 0) is 9.53 Å². The van der Waals surface area contributed by atoms with Crippen LogP contribution in [0.3, 0.4) is 0 Å². The molecule has 0 spiro atoms. The predicted octanol–water partition coefficient (Wildman–Crippen LogP) is 3.35. The number of hydrogen-bond donors (Lipinski definition) is 1. The molecule has 5 heteroatoms. The number of nitrogens with zero attached hydrogens (tertiary/aromatic N) is 1. The Morgan fingerprint density at radius 2 is 2.11 bits per heavy atom. The molecule has 1 unspecified atom stereocenters. The fourth-order valence-electron chi connectivity index (χ4n) is 1.42. The molecule has 0 amide bonds. The predicted molar refractivity (Wildman–Crippen MR) is 75.1 cm³/mol. The molecule has 4 nitrogen and oxygen atoms in total. The third kappa shape index (κ3) is 4.80. The maximum atomic E-state index is 11.8. The van der Waals surface area contributed by atoms with E-state index in [0.717, 1.165) is 0 Å². The van der Waals surface area contributed by atoms with Crippen molar-refractivity contribution in [3.8, 4) is 6.07 Å². The van der Waals surface area contributed by atoms with Crippen molar-refractivity contribution in [3.05, 3.63) is 28.8 Å². The van der Waals surface area contributed by atoms with Gasteiger partial charge >= 0.3 is 5.97 Å².